The molecule has 0 amide bonds. The molecule has 1 aromatic heterocycles. The maximum absolute atomic E-state index is 11.1. The van der Waals surface area contributed by atoms with Crippen molar-refractivity contribution >= 4 is 49.0 Å². The number of sulfone groups is 1. The predicted octanol–water partition coefficient (Wildman–Crippen LogP) is 2.90. The SMILES string of the molecule is CS(=O)(=O)CCCn1c(=S)[nH]c2ccc(Br)cc21. The van der Waals surface area contributed by atoms with Gasteiger partial charge in [0.1, 0.15) is 9.84 Å². The van der Waals surface area contributed by atoms with Gasteiger partial charge in [-0.05, 0) is 36.8 Å². The smallest absolute Gasteiger partial charge is 0.178 e. The van der Waals surface area contributed by atoms with Crippen LogP contribution in [0.4, 0.5) is 0 Å². The van der Waals surface area contributed by atoms with Crippen molar-refractivity contribution in [2.75, 3.05) is 12.0 Å². The number of nitrogens with one attached hydrogen (secondary N) is 1. The molecule has 1 N–H and O–H groups in total. The fourth-order valence-electron chi connectivity index (χ4n) is 1.83. The van der Waals surface area contributed by atoms with Gasteiger partial charge in [0.2, 0.25) is 0 Å². The maximum Gasteiger partial charge on any atom is 0.178 e. The molecular formula is C11H13BrN2O2S2. The van der Waals surface area contributed by atoms with Crippen molar-refractivity contribution in [1.29, 1.82) is 0 Å². The molecule has 0 spiro atoms. The number of hydrogen-bond donors (Lipinski definition) is 1. The van der Waals surface area contributed by atoms with Gasteiger partial charge in [-0.25, -0.2) is 8.42 Å². The van der Waals surface area contributed by atoms with E-state index in [-0.39, 0.29) is 5.75 Å². The number of nitrogens with zero attached hydrogens (tertiary/aromatic N) is 1. The summed E-state index contributed by atoms with van der Waals surface area (Å²) in [4.78, 5) is 3.11. The van der Waals surface area contributed by atoms with Crippen LogP contribution in [0.25, 0.3) is 11.0 Å². The van der Waals surface area contributed by atoms with Crippen molar-refractivity contribution in [1.82, 2.24) is 9.55 Å². The van der Waals surface area contributed by atoms with Gasteiger partial charge in [0, 0.05) is 17.3 Å². The summed E-state index contributed by atoms with van der Waals surface area (Å²) in [5, 5.41) is 0. The fourth-order valence-corrected chi connectivity index (χ4v) is 3.13. The highest BCUT2D eigenvalue weighted by Gasteiger charge is 2.07. The zero-order valence-electron chi connectivity index (χ0n) is 9.81. The van der Waals surface area contributed by atoms with Crippen molar-refractivity contribution in [2.45, 2.75) is 13.0 Å². The number of aryl methyl sites for hydroxylation is 1. The molecule has 18 heavy (non-hydrogen) atoms. The highest BCUT2D eigenvalue weighted by molar-refractivity contribution is 9.10. The van der Waals surface area contributed by atoms with Crippen molar-refractivity contribution in [3.8, 4) is 0 Å². The summed E-state index contributed by atoms with van der Waals surface area (Å²) in [6.45, 7) is 0.600. The second kappa shape index (κ2) is 5.14. The molecule has 2 rings (SSSR count). The zero-order valence-corrected chi connectivity index (χ0v) is 13.0. The number of H-pyrrole nitrogens is 1. The normalized spacial score (nSPS) is 12.1. The van der Waals surface area contributed by atoms with E-state index in [4.69, 9.17) is 12.2 Å². The molecule has 0 bridgehead atoms. The fraction of sp³-hybridized carbons (Fsp3) is 0.364. The van der Waals surface area contributed by atoms with E-state index in [0.717, 1.165) is 15.5 Å². The van der Waals surface area contributed by atoms with Gasteiger partial charge < -0.3 is 9.55 Å². The lowest BCUT2D eigenvalue weighted by molar-refractivity contribution is 0.592. The van der Waals surface area contributed by atoms with Crippen LogP contribution in [0.5, 0.6) is 0 Å². The Morgan fingerprint density at radius 3 is 2.83 bits per heavy atom. The summed E-state index contributed by atoms with van der Waals surface area (Å²) < 4.78 is 25.7. The average Bonchev–Trinajstić information content (AvgIpc) is 2.54. The minimum absolute atomic E-state index is 0.176. The molecule has 98 valence electrons. The quantitative estimate of drug-likeness (QED) is 0.864. The third-order valence-electron chi connectivity index (χ3n) is 2.63. The van der Waals surface area contributed by atoms with Crippen LogP contribution in [0.15, 0.2) is 22.7 Å². The molecular weight excluding hydrogens is 336 g/mol. The summed E-state index contributed by atoms with van der Waals surface area (Å²) in [7, 11) is -2.92. The molecule has 1 heterocycles. The van der Waals surface area contributed by atoms with Crippen LogP contribution in [0.3, 0.4) is 0 Å². The Hall–Kier alpha value is -0.660. The van der Waals surface area contributed by atoms with Gasteiger partial charge in [0.15, 0.2) is 4.77 Å². The van der Waals surface area contributed by atoms with E-state index in [2.05, 4.69) is 20.9 Å². The Balaban J connectivity index is 2.30. The van der Waals surface area contributed by atoms with Crippen molar-refractivity contribution in [2.24, 2.45) is 0 Å². The number of halogens is 1. The van der Waals surface area contributed by atoms with Crippen LogP contribution in [0, 0.1) is 4.77 Å². The van der Waals surface area contributed by atoms with E-state index in [0.29, 0.717) is 17.7 Å². The first kappa shape index (κ1) is 13.8. The Morgan fingerprint density at radius 1 is 1.44 bits per heavy atom. The minimum Gasteiger partial charge on any atom is -0.331 e. The van der Waals surface area contributed by atoms with Gasteiger partial charge in [-0.1, -0.05) is 15.9 Å². The standard InChI is InChI=1S/C11H13BrN2O2S2/c1-18(15,16)6-2-5-14-10-7-8(12)3-4-9(10)13-11(14)17/h3-4,7H,2,5-6H2,1H3,(H,13,17). The summed E-state index contributed by atoms with van der Waals surface area (Å²) in [5.41, 5.74) is 1.95. The molecule has 0 aliphatic heterocycles. The number of benzene rings is 1. The predicted molar refractivity (Wildman–Crippen MR) is 79.2 cm³/mol. The van der Waals surface area contributed by atoms with E-state index in [9.17, 15) is 8.42 Å². The lowest BCUT2D eigenvalue weighted by Gasteiger charge is -2.04. The molecule has 0 atom stereocenters. The molecule has 0 saturated heterocycles. The number of fused-ring (bicyclic) bond motifs is 1. The molecule has 2 aromatic rings. The Morgan fingerprint density at radius 2 is 2.17 bits per heavy atom. The van der Waals surface area contributed by atoms with Gasteiger partial charge >= 0.3 is 0 Å². The molecule has 0 radical (unpaired) electrons. The minimum atomic E-state index is -2.92. The van der Waals surface area contributed by atoms with E-state index in [1.165, 1.54) is 6.26 Å². The Bertz CT molecular complexity index is 731. The lowest BCUT2D eigenvalue weighted by Crippen LogP contribution is -2.07. The van der Waals surface area contributed by atoms with Crippen molar-refractivity contribution in [3.63, 3.8) is 0 Å². The van der Waals surface area contributed by atoms with Gasteiger partial charge in [-0.15, -0.1) is 0 Å². The number of imidazole rings is 1. The van der Waals surface area contributed by atoms with E-state index in [1.54, 1.807) is 0 Å². The summed E-state index contributed by atoms with van der Waals surface area (Å²) in [6, 6.07) is 5.86. The second-order valence-corrected chi connectivity index (χ2v) is 7.79. The summed E-state index contributed by atoms with van der Waals surface area (Å²) >= 11 is 8.66. The first-order valence-corrected chi connectivity index (χ1v) is 8.69. The molecule has 4 nitrogen and oxygen atoms in total. The van der Waals surface area contributed by atoms with Crippen LogP contribution in [-0.4, -0.2) is 30.0 Å². The van der Waals surface area contributed by atoms with E-state index >= 15 is 0 Å². The topological polar surface area (TPSA) is 54.9 Å². The van der Waals surface area contributed by atoms with Crippen LogP contribution >= 0.6 is 28.1 Å². The molecule has 0 fully saturated rings. The highest BCUT2D eigenvalue weighted by Crippen LogP contribution is 2.20. The van der Waals surface area contributed by atoms with Gasteiger partial charge in [-0.3, -0.25) is 0 Å². The van der Waals surface area contributed by atoms with E-state index in [1.807, 2.05) is 22.8 Å². The van der Waals surface area contributed by atoms with Crippen molar-refractivity contribution < 1.29 is 8.42 Å². The molecule has 1 aromatic carbocycles. The maximum atomic E-state index is 11.1. The second-order valence-electron chi connectivity index (χ2n) is 4.23. The monoisotopic (exact) mass is 348 g/mol. The van der Waals surface area contributed by atoms with E-state index < -0.39 is 9.84 Å². The Labute approximate surface area is 119 Å². The highest BCUT2D eigenvalue weighted by atomic mass is 79.9. The third-order valence-corrected chi connectivity index (χ3v) is 4.48. The largest absolute Gasteiger partial charge is 0.331 e. The van der Waals surface area contributed by atoms with Gasteiger partial charge in [-0.2, -0.15) is 0 Å². The summed E-state index contributed by atoms with van der Waals surface area (Å²) in [6.07, 6.45) is 1.81. The zero-order chi connectivity index (χ0) is 13.3. The molecule has 0 saturated carbocycles. The summed E-state index contributed by atoms with van der Waals surface area (Å²) in [5.74, 6) is 0.176. The van der Waals surface area contributed by atoms with Crippen LogP contribution < -0.4 is 0 Å². The Kier molecular flexibility index (Phi) is 3.93. The van der Waals surface area contributed by atoms with Crippen LogP contribution in [-0.2, 0) is 16.4 Å². The van der Waals surface area contributed by atoms with Crippen LogP contribution in [0.1, 0.15) is 6.42 Å². The number of rotatable bonds is 4. The van der Waals surface area contributed by atoms with Crippen molar-refractivity contribution in [3.05, 3.63) is 27.4 Å². The molecule has 0 aliphatic rings. The third kappa shape index (κ3) is 3.21. The average molecular weight is 349 g/mol. The number of aromatic nitrogens is 2. The molecule has 7 heteroatoms. The number of aromatic amines is 1. The first-order valence-electron chi connectivity index (χ1n) is 5.42. The lowest BCUT2D eigenvalue weighted by atomic mass is 10.3. The van der Waals surface area contributed by atoms with Gasteiger partial charge in [0.25, 0.3) is 0 Å². The molecule has 0 unspecified atom stereocenters. The molecule has 0 aliphatic carbocycles. The number of hydrogen-bond acceptors (Lipinski definition) is 3. The van der Waals surface area contributed by atoms with Crippen LogP contribution in [0.2, 0.25) is 0 Å². The first-order chi connectivity index (χ1) is 8.37. The van der Waals surface area contributed by atoms with Gasteiger partial charge in [0.05, 0.1) is 16.8 Å².